The van der Waals surface area contributed by atoms with Crippen LogP contribution in [0.1, 0.15) is 30.9 Å². The lowest BCUT2D eigenvalue weighted by atomic mass is 9.63. The van der Waals surface area contributed by atoms with Gasteiger partial charge in [0, 0.05) is 18.4 Å². The number of ether oxygens (including phenoxy) is 1. The van der Waals surface area contributed by atoms with Crippen molar-refractivity contribution in [3.63, 3.8) is 0 Å². The molecule has 1 saturated carbocycles. The Balaban J connectivity index is 2.26. The first-order chi connectivity index (χ1) is 7.70. The SMILES string of the molecule is COC(=O)C1(C(N)c2cccnc2)CCC1. The number of nitrogens with two attached hydrogens (primary N) is 1. The minimum absolute atomic E-state index is 0.199. The highest BCUT2D eigenvalue weighted by atomic mass is 16.5. The van der Waals surface area contributed by atoms with Gasteiger partial charge in [-0.25, -0.2) is 0 Å². The zero-order chi connectivity index (χ0) is 11.6. The number of nitrogens with zero attached hydrogens (tertiary/aromatic N) is 1. The molecule has 0 aliphatic heterocycles. The van der Waals surface area contributed by atoms with Gasteiger partial charge >= 0.3 is 5.97 Å². The molecule has 86 valence electrons. The molecule has 2 rings (SSSR count). The molecule has 0 saturated heterocycles. The summed E-state index contributed by atoms with van der Waals surface area (Å²) >= 11 is 0. The van der Waals surface area contributed by atoms with Crippen LogP contribution in [0.15, 0.2) is 24.5 Å². The second-order valence-electron chi connectivity index (χ2n) is 4.27. The highest BCUT2D eigenvalue weighted by molar-refractivity contribution is 5.79. The monoisotopic (exact) mass is 220 g/mol. The Morgan fingerprint density at radius 2 is 2.38 bits per heavy atom. The second-order valence-corrected chi connectivity index (χ2v) is 4.27. The number of hydrogen-bond acceptors (Lipinski definition) is 4. The fourth-order valence-corrected chi connectivity index (χ4v) is 2.28. The zero-order valence-electron chi connectivity index (χ0n) is 9.35. The third-order valence-electron chi connectivity index (χ3n) is 3.48. The molecule has 2 N–H and O–H groups in total. The quantitative estimate of drug-likeness (QED) is 0.782. The third-order valence-corrected chi connectivity index (χ3v) is 3.48. The van der Waals surface area contributed by atoms with E-state index >= 15 is 0 Å². The van der Waals surface area contributed by atoms with Gasteiger partial charge in [-0.05, 0) is 24.5 Å². The van der Waals surface area contributed by atoms with E-state index < -0.39 is 5.41 Å². The fourth-order valence-electron chi connectivity index (χ4n) is 2.28. The molecule has 1 aliphatic rings. The van der Waals surface area contributed by atoms with Crippen LogP contribution in [-0.2, 0) is 9.53 Å². The summed E-state index contributed by atoms with van der Waals surface area (Å²) < 4.78 is 4.86. The molecule has 1 aromatic rings. The number of aromatic nitrogens is 1. The van der Waals surface area contributed by atoms with Crippen LogP contribution in [0.4, 0.5) is 0 Å². The van der Waals surface area contributed by atoms with Crippen molar-refractivity contribution < 1.29 is 9.53 Å². The Morgan fingerprint density at radius 3 is 2.81 bits per heavy atom. The van der Waals surface area contributed by atoms with Gasteiger partial charge in [0.05, 0.1) is 12.5 Å². The number of hydrogen-bond donors (Lipinski definition) is 1. The lowest BCUT2D eigenvalue weighted by Crippen LogP contribution is -2.47. The molecule has 1 aromatic heterocycles. The minimum atomic E-state index is -0.530. The number of carbonyl (C=O) groups is 1. The summed E-state index contributed by atoms with van der Waals surface area (Å²) in [6.45, 7) is 0. The Morgan fingerprint density at radius 1 is 1.62 bits per heavy atom. The number of carbonyl (C=O) groups excluding carboxylic acids is 1. The topological polar surface area (TPSA) is 65.2 Å². The van der Waals surface area contributed by atoms with E-state index in [2.05, 4.69) is 4.98 Å². The molecule has 0 bridgehead atoms. The first-order valence-electron chi connectivity index (χ1n) is 5.44. The molecule has 16 heavy (non-hydrogen) atoms. The molecule has 0 radical (unpaired) electrons. The van der Waals surface area contributed by atoms with E-state index in [0.29, 0.717) is 0 Å². The lowest BCUT2D eigenvalue weighted by Gasteiger charge is -2.43. The van der Waals surface area contributed by atoms with Gasteiger partial charge in [-0.1, -0.05) is 12.5 Å². The molecule has 4 heteroatoms. The molecule has 1 aliphatic carbocycles. The molecule has 1 fully saturated rings. The van der Waals surface area contributed by atoms with E-state index in [1.54, 1.807) is 12.4 Å². The Hall–Kier alpha value is -1.42. The van der Waals surface area contributed by atoms with Gasteiger partial charge in [0.25, 0.3) is 0 Å². The van der Waals surface area contributed by atoms with Crippen molar-refractivity contribution >= 4 is 5.97 Å². The standard InChI is InChI=1S/C12H16N2O2/c1-16-11(15)12(5-3-6-12)10(13)9-4-2-7-14-8-9/h2,4,7-8,10H,3,5-6,13H2,1H3. The van der Waals surface area contributed by atoms with Crippen molar-refractivity contribution in [2.24, 2.45) is 11.1 Å². The Kier molecular flexibility index (Phi) is 2.92. The molecular weight excluding hydrogens is 204 g/mol. The van der Waals surface area contributed by atoms with Gasteiger partial charge in [-0.15, -0.1) is 0 Å². The summed E-state index contributed by atoms with van der Waals surface area (Å²) in [5.41, 5.74) is 6.54. The molecule has 1 atom stereocenters. The van der Waals surface area contributed by atoms with Crippen LogP contribution >= 0.6 is 0 Å². The van der Waals surface area contributed by atoms with Gasteiger partial charge in [0.2, 0.25) is 0 Å². The van der Waals surface area contributed by atoms with Gasteiger partial charge in [0.1, 0.15) is 0 Å². The number of rotatable bonds is 3. The van der Waals surface area contributed by atoms with Crippen LogP contribution < -0.4 is 5.73 Å². The van der Waals surface area contributed by atoms with E-state index in [4.69, 9.17) is 10.5 Å². The smallest absolute Gasteiger partial charge is 0.313 e. The van der Waals surface area contributed by atoms with Crippen LogP contribution in [-0.4, -0.2) is 18.1 Å². The number of esters is 1. The second kappa shape index (κ2) is 4.22. The van der Waals surface area contributed by atoms with Gasteiger partial charge in [-0.3, -0.25) is 9.78 Å². The summed E-state index contributed by atoms with van der Waals surface area (Å²) in [6.07, 6.45) is 6.05. The van der Waals surface area contributed by atoms with E-state index in [1.165, 1.54) is 7.11 Å². The Bertz CT molecular complexity index is 374. The number of methoxy groups -OCH3 is 1. The van der Waals surface area contributed by atoms with Gasteiger partial charge < -0.3 is 10.5 Å². The van der Waals surface area contributed by atoms with Crippen LogP contribution in [0.3, 0.4) is 0 Å². The predicted octanol–water partition coefficient (Wildman–Crippen LogP) is 1.42. The van der Waals surface area contributed by atoms with E-state index in [9.17, 15) is 4.79 Å². The zero-order valence-corrected chi connectivity index (χ0v) is 9.35. The maximum atomic E-state index is 11.8. The maximum absolute atomic E-state index is 11.8. The summed E-state index contributed by atoms with van der Waals surface area (Å²) in [4.78, 5) is 15.8. The predicted molar refractivity (Wildman–Crippen MR) is 59.5 cm³/mol. The minimum Gasteiger partial charge on any atom is -0.469 e. The van der Waals surface area contributed by atoms with Crippen molar-refractivity contribution in [2.75, 3.05) is 7.11 Å². The van der Waals surface area contributed by atoms with Crippen molar-refractivity contribution in [2.45, 2.75) is 25.3 Å². The number of pyridine rings is 1. The van der Waals surface area contributed by atoms with Gasteiger partial charge in [-0.2, -0.15) is 0 Å². The summed E-state index contributed by atoms with van der Waals surface area (Å²) in [5, 5.41) is 0. The molecule has 0 aromatic carbocycles. The average Bonchev–Trinajstić information content (AvgIpc) is 2.28. The molecule has 4 nitrogen and oxygen atoms in total. The van der Waals surface area contributed by atoms with Crippen molar-refractivity contribution in [3.05, 3.63) is 30.1 Å². The van der Waals surface area contributed by atoms with E-state index in [-0.39, 0.29) is 12.0 Å². The van der Waals surface area contributed by atoms with Crippen molar-refractivity contribution in [1.82, 2.24) is 4.98 Å². The molecule has 1 unspecified atom stereocenters. The van der Waals surface area contributed by atoms with Crippen molar-refractivity contribution in [3.8, 4) is 0 Å². The van der Waals surface area contributed by atoms with E-state index in [1.807, 2.05) is 12.1 Å². The maximum Gasteiger partial charge on any atom is 0.313 e. The summed E-state index contributed by atoms with van der Waals surface area (Å²) in [5.74, 6) is -0.199. The van der Waals surface area contributed by atoms with Crippen LogP contribution in [0.25, 0.3) is 0 Å². The average molecular weight is 220 g/mol. The van der Waals surface area contributed by atoms with Crippen LogP contribution in [0.5, 0.6) is 0 Å². The van der Waals surface area contributed by atoms with Gasteiger partial charge in [0.15, 0.2) is 0 Å². The highest BCUT2D eigenvalue weighted by Gasteiger charge is 2.50. The molecule has 0 amide bonds. The molecule has 0 spiro atoms. The third kappa shape index (κ3) is 1.59. The first-order valence-corrected chi connectivity index (χ1v) is 5.44. The van der Waals surface area contributed by atoms with Crippen LogP contribution in [0.2, 0.25) is 0 Å². The Labute approximate surface area is 94.8 Å². The largest absolute Gasteiger partial charge is 0.469 e. The summed E-state index contributed by atoms with van der Waals surface area (Å²) in [7, 11) is 1.42. The van der Waals surface area contributed by atoms with Crippen molar-refractivity contribution in [1.29, 1.82) is 0 Å². The first kappa shape index (κ1) is 11.1. The molecular formula is C12H16N2O2. The van der Waals surface area contributed by atoms with Crippen LogP contribution in [0, 0.1) is 5.41 Å². The normalized spacial score (nSPS) is 19.6. The summed E-state index contributed by atoms with van der Waals surface area (Å²) in [6, 6.07) is 3.42. The lowest BCUT2D eigenvalue weighted by molar-refractivity contribution is -0.160. The fraction of sp³-hybridized carbons (Fsp3) is 0.500. The highest BCUT2D eigenvalue weighted by Crippen LogP contribution is 2.49. The molecule has 1 heterocycles. The van der Waals surface area contributed by atoms with E-state index in [0.717, 1.165) is 24.8 Å².